The summed E-state index contributed by atoms with van der Waals surface area (Å²) in [5, 5.41) is 1.65. The second kappa shape index (κ2) is 5.56. The molecule has 0 bridgehead atoms. The lowest BCUT2D eigenvalue weighted by atomic mass is 10.7. The molecule has 6 heteroatoms. The van der Waals surface area contributed by atoms with Crippen LogP contribution in [0.2, 0.25) is 0 Å². The summed E-state index contributed by atoms with van der Waals surface area (Å²) in [6.07, 6.45) is 0. The van der Waals surface area contributed by atoms with Crippen LogP contribution in [0.3, 0.4) is 0 Å². The number of rotatable bonds is 2. The summed E-state index contributed by atoms with van der Waals surface area (Å²) in [4.78, 5) is 0. The summed E-state index contributed by atoms with van der Waals surface area (Å²) in [6.45, 7) is 3.33. The van der Waals surface area contributed by atoms with E-state index in [1.54, 1.807) is 6.92 Å². The van der Waals surface area contributed by atoms with Gasteiger partial charge in [-0.05, 0) is 13.5 Å². The van der Waals surface area contributed by atoms with Gasteiger partial charge in [-0.2, -0.15) is 0 Å². The van der Waals surface area contributed by atoms with E-state index in [1.165, 1.54) is 6.92 Å². The van der Waals surface area contributed by atoms with Crippen molar-refractivity contribution in [1.82, 2.24) is 10.4 Å². The highest BCUT2D eigenvalue weighted by molar-refractivity contribution is 8.06. The lowest BCUT2D eigenvalue weighted by Crippen LogP contribution is -2.35. The predicted octanol–water partition coefficient (Wildman–Crippen LogP) is 1.93. The highest BCUT2D eigenvalue weighted by Gasteiger charge is 2.12. The Balaban J connectivity index is 4.23. The van der Waals surface area contributed by atoms with Crippen LogP contribution in [0.15, 0.2) is 0 Å². The second-order valence-corrected chi connectivity index (χ2v) is 2.54. The molecule has 0 aromatic rings. The van der Waals surface area contributed by atoms with Crippen LogP contribution in [0.25, 0.3) is 0 Å². The van der Waals surface area contributed by atoms with Crippen molar-refractivity contribution in [3.05, 3.63) is 0 Å². The molecule has 0 fully saturated rings. The molecule has 0 saturated heterocycles. The zero-order valence-electron chi connectivity index (χ0n) is 6.40. The maximum Gasteiger partial charge on any atom is 0.200 e. The minimum atomic E-state index is -3.03. The third-order valence-electron chi connectivity index (χ3n) is 0.972. The van der Waals surface area contributed by atoms with E-state index in [0.717, 1.165) is 0 Å². The van der Waals surface area contributed by atoms with Gasteiger partial charge in [0.2, 0.25) is 11.3 Å². The molecule has 0 rings (SSSR count). The fraction of sp³-hybridized carbons (Fsp3) is 0.800. The van der Waals surface area contributed by atoms with Gasteiger partial charge in [0.05, 0.1) is 0 Å². The van der Waals surface area contributed by atoms with Crippen molar-refractivity contribution in [3.63, 3.8) is 0 Å². The monoisotopic (exact) mass is 188 g/mol. The first-order valence-electron chi connectivity index (χ1n) is 3.24. The molecule has 0 radical (unpaired) electrons. The Morgan fingerprint density at radius 3 is 2.27 bits per heavy atom. The Hall–Kier alpha value is -0.0700. The van der Waals surface area contributed by atoms with E-state index in [9.17, 15) is 12.3 Å². The first kappa shape index (κ1) is 10.9. The molecule has 0 aromatic heterocycles. The summed E-state index contributed by atoms with van der Waals surface area (Å²) < 4.78 is 36.4. The van der Waals surface area contributed by atoms with Gasteiger partial charge in [-0.15, -0.1) is 12.3 Å². The standard InChI is InChI=1S/C5H11F3N2S/c1-3-9-5(11(7)8)10(6)4-2/h9H,3-4H2,1-2H3. The predicted molar refractivity (Wildman–Crippen MR) is 42.0 cm³/mol. The van der Waals surface area contributed by atoms with Crippen molar-refractivity contribution in [3.8, 4) is 0 Å². The third kappa shape index (κ3) is 3.74. The molecule has 0 spiro atoms. The van der Waals surface area contributed by atoms with Gasteiger partial charge in [0.25, 0.3) is 0 Å². The van der Waals surface area contributed by atoms with Crippen LogP contribution in [-0.4, -0.2) is 23.3 Å². The highest BCUT2D eigenvalue weighted by Crippen LogP contribution is 2.18. The maximum absolute atomic E-state index is 12.5. The molecule has 11 heavy (non-hydrogen) atoms. The summed E-state index contributed by atoms with van der Waals surface area (Å²) in [5.41, 5.74) is 0. The molecular weight excluding hydrogens is 177 g/mol. The van der Waals surface area contributed by atoms with E-state index in [-0.39, 0.29) is 11.7 Å². The van der Waals surface area contributed by atoms with E-state index in [1.807, 2.05) is 0 Å². The van der Waals surface area contributed by atoms with E-state index >= 15 is 0 Å². The van der Waals surface area contributed by atoms with Crippen molar-refractivity contribution in [2.24, 2.45) is 0 Å². The Bertz CT molecular complexity index is 147. The smallest absolute Gasteiger partial charge is 0.200 e. The molecule has 0 aromatic carbocycles. The third-order valence-corrected chi connectivity index (χ3v) is 1.61. The van der Waals surface area contributed by atoms with Gasteiger partial charge in [-0.3, -0.25) is 5.32 Å². The molecule has 1 N–H and O–H groups in total. The lowest BCUT2D eigenvalue weighted by molar-refractivity contribution is 0.127. The average Bonchev–Trinajstić information content (AvgIpc) is 1.98. The van der Waals surface area contributed by atoms with Crippen LogP contribution in [0.5, 0.6) is 0 Å². The summed E-state index contributed by atoms with van der Waals surface area (Å²) in [5.74, 6) is 0. The van der Waals surface area contributed by atoms with Crippen molar-refractivity contribution in [2.75, 3.05) is 13.1 Å². The number of hydrogen-bond acceptors (Lipinski definition) is 0. The van der Waals surface area contributed by atoms with Gasteiger partial charge < -0.3 is 0 Å². The summed E-state index contributed by atoms with van der Waals surface area (Å²) >= 11 is -3.03. The topological polar surface area (TPSA) is 15.3 Å². The molecule has 0 aliphatic rings. The van der Waals surface area contributed by atoms with Crippen LogP contribution in [0.1, 0.15) is 13.8 Å². The molecule has 0 unspecified atom stereocenters. The van der Waals surface area contributed by atoms with Gasteiger partial charge in [0.15, 0.2) is 5.11 Å². The second-order valence-electron chi connectivity index (χ2n) is 1.73. The minimum Gasteiger partial charge on any atom is -0.268 e. The van der Waals surface area contributed by atoms with Gasteiger partial charge in [0, 0.05) is 6.54 Å². The molecule has 0 amide bonds. The Kier molecular flexibility index (Phi) is 5.53. The summed E-state index contributed by atoms with van der Waals surface area (Å²) in [7, 11) is 0. The molecule has 0 aliphatic carbocycles. The fourth-order valence-corrected chi connectivity index (χ4v) is 1.04. The molecule has 0 heterocycles. The Morgan fingerprint density at radius 2 is 2.00 bits per heavy atom. The van der Waals surface area contributed by atoms with Crippen LogP contribution in [0.4, 0.5) is 12.3 Å². The Morgan fingerprint density at radius 1 is 1.45 bits per heavy atom. The average molecular weight is 188 g/mol. The number of halogens is 3. The maximum atomic E-state index is 12.5. The molecule has 68 valence electrons. The van der Waals surface area contributed by atoms with Crippen LogP contribution < -0.4 is 5.32 Å². The normalized spacial score (nSPS) is 11.2. The van der Waals surface area contributed by atoms with Crippen molar-refractivity contribution < 1.29 is 12.3 Å². The van der Waals surface area contributed by atoms with Crippen molar-refractivity contribution >= 4 is 16.4 Å². The molecule has 0 atom stereocenters. The van der Waals surface area contributed by atoms with Gasteiger partial charge in [0.1, 0.15) is 0 Å². The van der Waals surface area contributed by atoms with Crippen molar-refractivity contribution in [2.45, 2.75) is 13.8 Å². The first-order chi connectivity index (χ1) is 5.13. The van der Waals surface area contributed by atoms with E-state index in [2.05, 4.69) is 5.32 Å². The molecule has 0 saturated carbocycles. The molecular formula is C5H11F3N2S. The quantitative estimate of drug-likeness (QED) is 0.526. The largest absolute Gasteiger partial charge is 0.268 e. The van der Waals surface area contributed by atoms with Gasteiger partial charge in [-0.1, -0.05) is 12.0 Å². The van der Waals surface area contributed by atoms with Crippen molar-refractivity contribution in [1.29, 1.82) is 0 Å². The molecule has 0 aliphatic heterocycles. The van der Waals surface area contributed by atoms with Gasteiger partial charge >= 0.3 is 0 Å². The number of nitrogens with zero attached hydrogens (tertiary/aromatic N) is 1. The van der Waals surface area contributed by atoms with E-state index < -0.39 is 16.4 Å². The van der Waals surface area contributed by atoms with Crippen LogP contribution >= 0.6 is 11.3 Å². The fourth-order valence-electron chi connectivity index (χ4n) is 0.510. The van der Waals surface area contributed by atoms with Crippen LogP contribution in [-0.2, 0) is 0 Å². The zero-order valence-corrected chi connectivity index (χ0v) is 7.22. The van der Waals surface area contributed by atoms with Gasteiger partial charge in [-0.25, -0.2) is 0 Å². The summed E-state index contributed by atoms with van der Waals surface area (Å²) in [6, 6.07) is 0. The highest BCUT2D eigenvalue weighted by atomic mass is 32.2. The SMILES string of the molecule is CCNC(N(F)CC)=S(F)F. The Labute approximate surface area is 66.8 Å². The lowest BCUT2D eigenvalue weighted by Gasteiger charge is -2.11. The minimum absolute atomic E-state index is 0.0204. The number of nitrogens with one attached hydrogen (secondary N) is 1. The van der Waals surface area contributed by atoms with E-state index in [4.69, 9.17) is 0 Å². The molecule has 2 nitrogen and oxygen atoms in total. The zero-order chi connectivity index (χ0) is 8.85. The number of hydrogen-bond donors (Lipinski definition) is 1. The van der Waals surface area contributed by atoms with E-state index in [0.29, 0.717) is 6.54 Å². The van der Waals surface area contributed by atoms with Crippen LogP contribution in [0, 0.1) is 0 Å². The first-order valence-corrected chi connectivity index (χ1v) is 4.26.